The highest BCUT2D eigenvalue weighted by atomic mass is 127. The van der Waals surface area contributed by atoms with Crippen molar-refractivity contribution in [1.29, 1.82) is 0 Å². The number of nitrogens with one attached hydrogen (secondary N) is 1. The summed E-state index contributed by atoms with van der Waals surface area (Å²) in [6.45, 7) is 2.37. The van der Waals surface area contributed by atoms with Crippen molar-refractivity contribution >= 4 is 98.6 Å². The molecule has 0 spiro atoms. The summed E-state index contributed by atoms with van der Waals surface area (Å²) in [7, 11) is 0. The number of carbonyl (C=O) groups excluding carboxylic acids is 3. The van der Waals surface area contributed by atoms with Crippen LogP contribution in [0.25, 0.3) is 6.08 Å². The zero-order valence-electron chi connectivity index (χ0n) is 19.5. The average molecular weight is 706 g/mol. The van der Waals surface area contributed by atoms with E-state index in [0.29, 0.717) is 37.3 Å². The van der Waals surface area contributed by atoms with E-state index < -0.39 is 17.8 Å². The lowest BCUT2D eigenvalue weighted by Gasteiger charge is -2.26. The summed E-state index contributed by atoms with van der Waals surface area (Å²) in [6, 6.07) is 11.9. The fourth-order valence-electron chi connectivity index (χ4n) is 3.54. The first-order chi connectivity index (χ1) is 18.1. The van der Waals surface area contributed by atoms with Crippen LogP contribution in [0.2, 0.25) is 20.1 Å². The first-order valence-corrected chi connectivity index (χ1v) is 13.6. The van der Waals surface area contributed by atoms with Gasteiger partial charge in [-0.2, -0.15) is 0 Å². The molecule has 1 N–H and O–H groups in total. The molecule has 38 heavy (non-hydrogen) atoms. The smallest absolute Gasteiger partial charge is 0.335 e. The summed E-state index contributed by atoms with van der Waals surface area (Å²) in [5.74, 6) is -0.755. The van der Waals surface area contributed by atoms with Crippen molar-refractivity contribution in [2.75, 3.05) is 11.5 Å². The highest BCUT2D eigenvalue weighted by Gasteiger charge is 2.37. The van der Waals surface area contributed by atoms with Crippen LogP contribution in [0.1, 0.15) is 18.1 Å². The average Bonchev–Trinajstić information content (AvgIpc) is 2.85. The summed E-state index contributed by atoms with van der Waals surface area (Å²) in [6.07, 6.45) is 1.38. The van der Waals surface area contributed by atoms with Gasteiger partial charge in [0, 0.05) is 0 Å². The van der Waals surface area contributed by atoms with Gasteiger partial charge < -0.3 is 9.47 Å². The minimum absolute atomic E-state index is 0.152. The van der Waals surface area contributed by atoms with Gasteiger partial charge in [0.15, 0.2) is 11.5 Å². The maximum Gasteiger partial charge on any atom is 0.335 e. The largest absolute Gasteiger partial charge is 0.490 e. The van der Waals surface area contributed by atoms with Crippen molar-refractivity contribution in [3.8, 4) is 11.5 Å². The van der Waals surface area contributed by atoms with E-state index in [2.05, 4.69) is 27.9 Å². The molecule has 1 aliphatic heterocycles. The molecule has 0 atom stereocenters. The number of halogens is 5. The molecule has 1 aliphatic rings. The Morgan fingerprint density at radius 1 is 0.895 bits per heavy atom. The molecule has 1 heterocycles. The van der Waals surface area contributed by atoms with Gasteiger partial charge in [0.05, 0.1) is 36.0 Å². The van der Waals surface area contributed by atoms with Crippen LogP contribution in [0, 0.1) is 3.57 Å². The summed E-state index contributed by atoms with van der Waals surface area (Å²) < 4.78 is 12.5. The second-order valence-corrected chi connectivity index (χ2v) is 10.6. The lowest BCUT2D eigenvalue weighted by molar-refractivity contribution is -0.122. The zero-order chi connectivity index (χ0) is 27.6. The van der Waals surface area contributed by atoms with Crippen LogP contribution < -0.4 is 19.7 Å². The number of nitrogens with zero attached hydrogens (tertiary/aromatic N) is 1. The number of barbiturate groups is 1. The second kappa shape index (κ2) is 12.1. The lowest BCUT2D eigenvalue weighted by atomic mass is 10.1. The van der Waals surface area contributed by atoms with Crippen LogP contribution in [0.4, 0.5) is 10.5 Å². The third-order valence-corrected chi connectivity index (χ3v) is 7.55. The molecule has 12 heteroatoms. The number of carbonyl (C=O) groups is 3. The van der Waals surface area contributed by atoms with E-state index in [1.807, 2.05) is 6.92 Å². The molecule has 3 aromatic rings. The Balaban J connectivity index is 1.66. The fraction of sp³-hybridized carbons (Fsp3) is 0.115. The Morgan fingerprint density at radius 2 is 1.58 bits per heavy atom. The Morgan fingerprint density at radius 3 is 2.24 bits per heavy atom. The van der Waals surface area contributed by atoms with Crippen molar-refractivity contribution < 1.29 is 23.9 Å². The number of imide groups is 2. The van der Waals surface area contributed by atoms with E-state index in [1.54, 1.807) is 30.3 Å². The molecular formula is C26H17Cl4IN2O5. The first-order valence-electron chi connectivity index (χ1n) is 11.0. The van der Waals surface area contributed by atoms with Gasteiger partial charge in [-0.25, -0.2) is 9.69 Å². The maximum atomic E-state index is 13.2. The van der Waals surface area contributed by atoms with E-state index in [-0.39, 0.29) is 27.9 Å². The standard InChI is InChI=1S/C26H17Cl4IN2O5/c1-2-37-22-10-14(9-21(31)23(22)38-12-13-3-5-17(27)19(29)8-13)7-16-24(34)32-26(36)33(25(16)35)15-4-6-18(28)20(30)11-15/h3-11H,2,12H2,1H3,(H,32,34,36)/b16-7+. The van der Waals surface area contributed by atoms with Crippen LogP contribution in [-0.2, 0) is 16.2 Å². The summed E-state index contributed by atoms with van der Waals surface area (Å²) >= 11 is 26.2. The normalized spacial score (nSPS) is 14.6. The molecule has 4 amide bonds. The van der Waals surface area contributed by atoms with Gasteiger partial charge in [-0.1, -0.05) is 52.5 Å². The van der Waals surface area contributed by atoms with Gasteiger partial charge in [-0.15, -0.1) is 0 Å². The highest BCUT2D eigenvalue weighted by Crippen LogP contribution is 2.36. The molecular weight excluding hydrogens is 689 g/mol. The number of amides is 4. The van der Waals surface area contributed by atoms with Gasteiger partial charge in [-0.05, 0) is 89.2 Å². The maximum absolute atomic E-state index is 13.2. The highest BCUT2D eigenvalue weighted by molar-refractivity contribution is 14.1. The van der Waals surface area contributed by atoms with E-state index in [1.165, 1.54) is 24.3 Å². The quantitative estimate of drug-likeness (QED) is 0.156. The molecule has 0 bridgehead atoms. The third kappa shape index (κ3) is 6.21. The minimum atomic E-state index is -0.897. The molecule has 0 saturated carbocycles. The van der Waals surface area contributed by atoms with E-state index in [0.717, 1.165) is 10.5 Å². The van der Waals surface area contributed by atoms with Gasteiger partial charge >= 0.3 is 6.03 Å². The Bertz CT molecular complexity index is 1490. The molecule has 0 aromatic heterocycles. The third-order valence-electron chi connectivity index (χ3n) is 5.27. The van der Waals surface area contributed by atoms with Crippen LogP contribution in [0.3, 0.4) is 0 Å². The van der Waals surface area contributed by atoms with Crippen LogP contribution in [0.5, 0.6) is 11.5 Å². The molecule has 7 nitrogen and oxygen atoms in total. The van der Waals surface area contributed by atoms with Gasteiger partial charge in [0.2, 0.25) is 0 Å². The first kappa shape index (κ1) is 28.5. The molecule has 0 unspecified atom stereocenters. The van der Waals surface area contributed by atoms with Crippen LogP contribution in [0.15, 0.2) is 54.1 Å². The predicted octanol–water partition coefficient (Wildman–Crippen LogP) is 7.55. The zero-order valence-corrected chi connectivity index (χ0v) is 24.7. The SMILES string of the molecule is CCOc1cc(/C=C2\C(=O)NC(=O)N(c3ccc(Cl)c(Cl)c3)C2=O)cc(I)c1OCc1ccc(Cl)c(Cl)c1. The number of benzene rings is 3. The van der Waals surface area contributed by atoms with Crippen molar-refractivity contribution in [1.82, 2.24) is 5.32 Å². The lowest BCUT2D eigenvalue weighted by Crippen LogP contribution is -2.54. The number of hydrogen-bond donors (Lipinski definition) is 1. The Kier molecular flexibility index (Phi) is 9.10. The number of ether oxygens (including phenoxy) is 2. The van der Waals surface area contributed by atoms with Crippen molar-refractivity contribution in [3.63, 3.8) is 0 Å². The molecule has 1 saturated heterocycles. The van der Waals surface area contributed by atoms with E-state index in [9.17, 15) is 14.4 Å². The summed E-state index contributed by atoms with van der Waals surface area (Å²) in [5.41, 5.74) is 1.20. The number of rotatable bonds is 7. The Hall–Kier alpha value is -2.50. The van der Waals surface area contributed by atoms with Crippen molar-refractivity contribution in [2.24, 2.45) is 0 Å². The van der Waals surface area contributed by atoms with Gasteiger partial charge in [0.1, 0.15) is 12.2 Å². The van der Waals surface area contributed by atoms with Gasteiger partial charge in [-0.3, -0.25) is 14.9 Å². The summed E-state index contributed by atoms with van der Waals surface area (Å²) in [4.78, 5) is 39.2. The molecule has 4 rings (SSSR count). The monoisotopic (exact) mass is 704 g/mol. The molecule has 196 valence electrons. The topological polar surface area (TPSA) is 84.9 Å². The van der Waals surface area contributed by atoms with E-state index >= 15 is 0 Å². The van der Waals surface area contributed by atoms with E-state index in [4.69, 9.17) is 55.9 Å². The number of hydrogen-bond acceptors (Lipinski definition) is 5. The number of urea groups is 1. The van der Waals surface area contributed by atoms with Crippen LogP contribution >= 0.6 is 69.0 Å². The predicted molar refractivity (Wildman–Crippen MR) is 157 cm³/mol. The molecule has 1 fully saturated rings. The van der Waals surface area contributed by atoms with Crippen LogP contribution in [-0.4, -0.2) is 24.5 Å². The van der Waals surface area contributed by atoms with Gasteiger partial charge in [0.25, 0.3) is 11.8 Å². The summed E-state index contributed by atoms with van der Waals surface area (Å²) in [5, 5.41) is 3.45. The molecule has 0 aliphatic carbocycles. The molecule has 0 radical (unpaired) electrons. The minimum Gasteiger partial charge on any atom is -0.490 e. The fourth-order valence-corrected chi connectivity index (χ4v) is 4.94. The number of anilines is 1. The Labute approximate surface area is 251 Å². The van der Waals surface area contributed by atoms with Crippen molar-refractivity contribution in [2.45, 2.75) is 13.5 Å². The second-order valence-electron chi connectivity index (χ2n) is 7.86. The van der Waals surface area contributed by atoms with Crippen molar-refractivity contribution in [3.05, 3.63) is 88.9 Å². The molecule has 3 aromatic carbocycles.